The molecule has 4 aromatic rings. The molecule has 0 saturated carbocycles. The summed E-state index contributed by atoms with van der Waals surface area (Å²) in [4.78, 5) is 11.6. The van der Waals surface area contributed by atoms with Crippen molar-refractivity contribution in [3.63, 3.8) is 0 Å². The smallest absolute Gasteiger partial charge is 0.323 e. The number of nitrogens with zero attached hydrogens (tertiary/aromatic N) is 1. The quantitative estimate of drug-likeness (QED) is 0.416. The Labute approximate surface area is 189 Å². The lowest BCUT2D eigenvalue weighted by atomic mass is 10.0. The standard InChI is InChI=1S/C24H19ClFNO4S/c1-15-21(22-13-18(26)6-11-23(22)27(15)14-24(28)29)12-16-2-7-19(8-3-16)32(30,31)20-9-4-17(25)5-10-20/h2-11,13H,12,14H2,1H3,(H,28,29). The average molecular weight is 472 g/mol. The van der Waals surface area contributed by atoms with Crippen LogP contribution in [-0.2, 0) is 27.6 Å². The average Bonchev–Trinajstić information content (AvgIpc) is 2.99. The highest BCUT2D eigenvalue weighted by atomic mass is 35.5. The molecule has 0 aliphatic rings. The Kier molecular flexibility index (Phi) is 5.79. The van der Waals surface area contributed by atoms with E-state index in [0.29, 0.717) is 22.3 Å². The van der Waals surface area contributed by atoms with Gasteiger partial charge in [-0.05, 0) is 79.1 Å². The monoisotopic (exact) mass is 471 g/mol. The number of sulfone groups is 1. The van der Waals surface area contributed by atoms with Gasteiger partial charge in [-0.2, -0.15) is 0 Å². The van der Waals surface area contributed by atoms with Crippen molar-refractivity contribution in [2.75, 3.05) is 0 Å². The molecule has 4 rings (SSSR count). The predicted molar refractivity (Wildman–Crippen MR) is 120 cm³/mol. The van der Waals surface area contributed by atoms with Crippen LogP contribution in [0, 0.1) is 12.7 Å². The van der Waals surface area contributed by atoms with Crippen molar-refractivity contribution in [1.29, 1.82) is 0 Å². The van der Waals surface area contributed by atoms with Gasteiger partial charge >= 0.3 is 5.97 Å². The minimum atomic E-state index is -3.68. The van der Waals surface area contributed by atoms with Crippen molar-refractivity contribution in [2.45, 2.75) is 29.7 Å². The first-order valence-corrected chi connectivity index (χ1v) is 11.6. The van der Waals surface area contributed by atoms with Crippen molar-refractivity contribution in [3.8, 4) is 0 Å². The summed E-state index contributed by atoms with van der Waals surface area (Å²) in [5.74, 6) is -1.40. The number of aliphatic carboxylic acids is 1. The summed E-state index contributed by atoms with van der Waals surface area (Å²) in [7, 11) is -3.68. The van der Waals surface area contributed by atoms with Gasteiger partial charge in [0.25, 0.3) is 0 Å². The summed E-state index contributed by atoms with van der Waals surface area (Å²) >= 11 is 5.85. The van der Waals surface area contributed by atoms with Gasteiger partial charge in [0.15, 0.2) is 0 Å². The molecule has 5 nitrogen and oxygen atoms in total. The van der Waals surface area contributed by atoms with Crippen LogP contribution >= 0.6 is 11.6 Å². The minimum absolute atomic E-state index is 0.151. The maximum atomic E-state index is 13.9. The molecule has 0 aliphatic carbocycles. The number of hydrogen-bond donors (Lipinski definition) is 1. The molecule has 8 heteroatoms. The molecule has 1 aromatic heterocycles. The van der Waals surface area contributed by atoms with E-state index in [4.69, 9.17) is 11.6 Å². The Bertz CT molecular complexity index is 1430. The molecule has 1 N–H and O–H groups in total. The summed E-state index contributed by atoms with van der Waals surface area (Å²) in [5, 5.41) is 10.4. The molecule has 32 heavy (non-hydrogen) atoms. The van der Waals surface area contributed by atoms with E-state index in [1.165, 1.54) is 48.5 Å². The lowest BCUT2D eigenvalue weighted by Gasteiger charge is -2.08. The Morgan fingerprint density at radius 1 is 1.00 bits per heavy atom. The second-order valence-corrected chi connectivity index (χ2v) is 9.87. The van der Waals surface area contributed by atoms with Crippen LogP contribution in [0.2, 0.25) is 5.02 Å². The molecular formula is C24H19ClFNO4S. The number of carboxylic acid groups (broad SMARTS) is 1. The number of carboxylic acids is 1. The lowest BCUT2D eigenvalue weighted by Crippen LogP contribution is -2.10. The van der Waals surface area contributed by atoms with Gasteiger partial charge in [-0.1, -0.05) is 23.7 Å². The normalized spacial score (nSPS) is 11.7. The van der Waals surface area contributed by atoms with E-state index >= 15 is 0 Å². The van der Waals surface area contributed by atoms with Crippen LogP contribution in [-0.4, -0.2) is 24.1 Å². The number of fused-ring (bicyclic) bond motifs is 1. The van der Waals surface area contributed by atoms with Gasteiger partial charge in [-0.15, -0.1) is 0 Å². The molecule has 0 unspecified atom stereocenters. The summed E-state index contributed by atoms with van der Waals surface area (Å²) in [6.07, 6.45) is 0.402. The second-order valence-electron chi connectivity index (χ2n) is 7.48. The van der Waals surface area contributed by atoms with Gasteiger partial charge < -0.3 is 9.67 Å². The number of rotatable bonds is 6. The number of carbonyl (C=O) groups is 1. The Hall–Kier alpha value is -3.16. The lowest BCUT2D eigenvalue weighted by molar-refractivity contribution is -0.137. The summed E-state index contributed by atoms with van der Waals surface area (Å²) in [6.45, 7) is 1.57. The largest absolute Gasteiger partial charge is 0.480 e. The van der Waals surface area contributed by atoms with E-state index in [0.717, 1.165) is 16.8 Å². The zero-order valence-electron chi connectivity index (χ0n) is 17.0. The molecule has 0 atom stereocenters. The third kappa shape index (κ3) is 4.13. The molecule has 1 heterocycles. The second kappa shape index (κ2) is 8.41. The molecule has 0 radical (unpaired) electrons. The van der Waals surface area contributed by atoms with E-state index < -0.39 is 21.6 Å². The summed E-state index contributed by atoms with van der Waals surface area (Å²) < 4.78 is 41.3. The molecule has 164 valence electrons. The van der Waals surface area contributed by atoms with E-state index in [-0.39, 0.29) is 16.3 Å². The van der Waals surface area contributed by atoms with Crippen LogP contribution in [0.3, 0.4) is 0 Å². The first-order valence-electron chi connectivity index (χ1n) is 9.75. The van der Waals surface area contributed by atoms with Crippen molar-refractivity contribution >= 4 is 38.3 Å². The zero-order valence-corrected chi connectivity index (χ0v) is 18.6. The fraction of sp³-hybridized carbons (Fsp3) is 0.125. The van der Waals surface area contributed by atoms with E-state index in [1.54, 1.807) is 29.7 Å². The van der Waals surface area contributed by atoms with Gasteiger partial charge in [0, 0.05) is 21.6 Å². The number of aromatic nitrogens is 1. The predicted octanol–water partition coefficient (Wildman–Crippen LogP) is 5.25. The van der Waals surface area contributed by atoms with Gasteiger partial charge in [-0.3, -0.25) is 4.79 Å². The molecule has 3 aromatic carbocycles. The van der Waals surface area contributed by atoms with Gasteiger partial charge in [-0.25, -0.2) is 12.8 Å². The maximum Gasteiger partial charge on any atom is 0.323 e. The number of benzene rings is 3. The molecule has 0 amide bonds. The number of halogens is 2. The third-order valence-corrected chi connectivity index (χ3v) is 7.49. The highest BCUT2D eigenvalue weighted by Crippen LogP contribution is 2.30. The van der Waals surface area contributed by atoms with E-state index in [1.807, 2.05) is 0 Å². The highest BCUT2D eigenvalue weighted by molar-refractivity contribution is 7.91. The van der Waals surface area contributed by atoms with Crippen molar-refractivity contribution in [3.05, 3.63) is 94.4 Å². The van der Waals surface area contributed by atoms with Crippen LogP contribution in [0.5, 0.6) is 0 Å². The molecular weight excluding hydrogens is 453 g/mol. The van der Waals surface area contributed by atoms with Crippen LogP contribution in [0.4, 0.5) is 4.39 Å². The Morgan fingerprint density at radius 3 is 2.19 bits per heavy atom. The van der Waals surface area contributed by atoms with E-state index in [9.17, 15) is 22.7 Å². The molecule has 0 fully saturated rings. The number of hydrogen-bond acceptors (Lipinski definition) is 3. The first-order chi connectivity index (χ1) is 15.2. The van der Waals surface area contributed by atoms with E-state index in [2.05, 4.69) is 0 Å². The molecule has 0 aliphatic heterocycles. The Balaban J connectivity index is 1.70. The van der Waals surface area contributed by atoms with Crippen LogP contribution in [0.15, 0.2) is 76.5 Å². The molecule has 0 spiro atoms. The maximum absolute atomic E-state index is 13.9. The van der Waals surface area contributed by atoms with Gasteiger partial charge in [0.05, 0.1) is 9.79 Å². The van der Waals surface area contributed by atoms with Crippen molar-refractivity contribution in [2.24, 2.45) is 0 Å². The summed E-state index contributed by atoms with van der Waals surface area (Å²) in [5.41, 5.74) is 2.99. The molecule has 0 bridgehead atoms. The van der Waals surface area contributed by atoms with Crippen LogP contribution in [0.25, 0.3) is 10.9 Å². The fourth-order valence-electron chi connectivity index (χ4n) is 3.83. The third-order valence-electron chi connectivity index (χ3n) is 5.45. The van der Waals surface area contributed by atoms with Gasteiger partial charge in [0.2, 0.25) is 9.84 Å². The van der Waals surface area contributed by atoms with Crippen molar-refractivity contribution < 1.29 is 22.7 Å². The van der Waals surface area contributed by atoms with Crippen LogP contribution < -0.4 is 0 Å². The first kappa shape index (κ1) is 22.0. The SMILES string of the molecule is Cc1c(Cc2ccc(S(=O)(=O)c3ccc(Cl)cc3)cc2)c2cc(F)ccc2n1CC(=O)O. The van der Waals surface area contributed by atoms with Crippen molar-refractivity contribution in [1.82, 2.24) is 4.57 Å². The Morgan fingerprint density at radius 2 is 1.59 bits per heavy atom. The van der Waals surface area contributed by atoms with Crippen LogP contribution in [0.1, 0.15) is 16.8 Å². The zero-order chi connectivity index (χ0) is 23.0. The minimum Gasteiger partial charge on any atom is -0.480 e. The highest BCUT2D eigenvalue weighted by Gasteiger charge is 2.19. The summed E-state index contributed by atoms with van der Waals surface area (Å²) in [6, 6.07) is 16.7. The van der Waals surface area contributed by atoms with Gasteiger partial charge in [0.1, 0.15) is 12.4 Å². The molecule has 0 saturated heterocycles. The topological polar surface area (TPSA) is 76.4 Å². The fourth-order valence-corrected chi connectivity index (χ4v) is 5.21.